The first-order chi connectivity index (χ1) is 9.40. The molecule has 2 rings (SSSR count). The highest BCUT2D eigenvalue weighted by Gasteiger charge is 2.13. The Hall–Kier alpha value is -1.87. The lowest BCUT2D eigenvalue weighted by molar-refractivity contribution is 0.622. The van der Waals surface area contributed by atoms with E-state index in [1.165, 1.54) is 11.6 Å². The molecule has 0 heterocycles. The Labute approximate surface area is 120 Å². The van der Waals surface area contributed by atoms with Gasteiger partial charge in [-0.3, -0.25) is 0 Å². The Morgan fingerprint density at radius 2 is 1.70 bits per heavy atom. The molecule has 2 nitrogen and oxygen atoms in total. The minimum Gasteiger partial charge on any atom is -0.342 e. The predicted molar refractivity (Wildman–Crippen MR) is 83.0 cm³/mol. The van der Waals surface area contributed by atoms with Gasteiger partial charge in [0.2, 0.25) is 0 Å². The smallest absolute Gasteiger partial charge is 0.147 e. The topological polar surface area (TPSA) is 29.3 Å². The quantitative estimate of drug-likeness (QED) is 0.906. The van der Waals surface area contributed by atoms with Crippen LogP contribution in [-0.2, 0) is 0 Å². The molecule has 2 aromatic carbocycles. The molecule has 0 saturated heterocycles. The van der Waals surface area contributed by atoms with Crippen molar-refractivity contribution < 1.29 is 4.39 Å². The van der Waals surface area contributed by atoms with Gasteiger partial charge < -0.3 is 10.6 Å². The molecule has 0 aliphatic rings. The molecule has 0 unspecified atom stereocenters. The van der Waals surface area contributed by atoms with E-state index in [1.807, 2.05) is 44.0 Å². The van der Waals surface area contributed by atoms with Gasteiger partial charge in [0.1, 0.15) is 5.82 Å². The zero-order chi connectivity index (χ0) is 14.9. The van der Waals surface area contributed by atoms with Crippen molar-refractivity contribution in [3.8, 4) is 0 Å². The van der Waals surface area contributed by atoms with Gasteiger partial charge in [-0.25, -0.2) is 4.39 Å². The lowest BCUT2D eigenvalue weighted by Crippen LogP contribution is -2.13. The highest BCUT2D eigenvalue weighted by Crippen LogP contribution is 2.30. The summed E-state index contributed by atoms with van der Waals surface area (Å²) in [5, 5.41) is 0. The molecule has 0 amide bonds. The zero-order valence-corrected chi connectivity index (χ0v) is 12.4. The van der Waals surface area contributed by atoms with Gasteiger partial charge in [-0.05, 0) is 50.1 Å². The summed E-state index contributed by atoms with van der Waals surface area (Å²) in [6, 6.07) is 11.2. The minimum atomic E-state index is -0.248. The number of nitrogens with two attached hydrogens (primary N) is 1. The number of hydrogen-bond donors (Lipinski definition) is 1. The third kappa shape index (κ3) is 2.83. The Balaban J connectivity index is 2.40. The van der Waals surface area contributed by atoms with Gasteiger partial charge in [0.05, 0.1) is 5.69 Å². The van der Waals surface area contributed by atoms with Crippen LogP contribution in [0.2, 0.25) is 0 Å². The van der Waals surface area contributed by atoms with Crippen LogP contribution in [-0.4, -0.2) is 7.05 Å². The summed E-state index contributed by atoms with van der Waals surface area (Å²) in [6.45, 7) is 5.93. The van der Waals surface area contributed by atoms with E-state index in [4.69, 9.17) is 5.73 Å². The SMILES string of the molecule is Cc1ccc(N(C)c2ccc([C@@H](C)N)cc2F)c(C)c1. The Morgan fingerprint density at radius 1 is 1.05 bits per heavy atom. The maximum Gasteiger partial charge on any atom is 0.147 e. The van der Waals surface area contributed by atoms with E-state index in [1.54, 1.807) is 6.07 Å². The van der Waals surface area contributed by atoms with Crippen molar-refractivity contribution in [3.63, 3.8) is 0 Å². The zero-order valence-electron chi connectivity index (χ0n) is 12.4. The van der Waals surface area contributed by atoms with E-state index in [2.05, 4.69) is 13.0 Å². The number of anilines is 2. The van der Waals surface area contributed by atoms with Gasteiger partial charge in [-0.2, -0.15) is 0 Å². The molecular weight excluding hydrogens is 251 g/mol. The van der Waals surface area contributed by atoms with Crippen LogP contribution in [0.15, 0.2) is 36.4 Å². The van der Waals surface area contributed by atoms with Crippen molar-refractivity contribution in [3.05, 3.63) is 58.9 Å². The fraction of sp³-hybridized carbons (Fsp3) is 0.294. The van der Waals surface area contributed by atoms with E-state index < -0.39 is 0 Å². The monoisotopic (exact) mass is 272 g/mol. The molecule has 0 radical (unpaired) electrons. The van der Waals surface area contributed by atoms with E-state index in [-0.39, 0.29) is 11.9 Å². The van der Waals surface area contributed by atoms with E-state index >= 15 is 0 Å². The maximum atomic E-state index is 14.3. The highest BCUT2D eigenvalue weighted by atomic mass is 19.1. The van der Waals surface area contributed by atoms with Crippen molar-refractivity contribution in [1.82, 2.24) is 0 Å². The van der Waals surface area contributed by atoms with Crippen LogP contribution in [0.4, 0.5) is 15.8 Å². The number of rotatable bonds is 3. The number of benzene rings is 2. The third-order valence-electron chi connectivity index (χ3n) is 3.57. The average molecular weight is 272 g/mol. The normalized spacial score (nSPS) is 12.3. The number of nitrogens with zero attached hydrogens (tertiary/aromatic N) is 1. The van der Waals surface area contributed by atoms with Crippen molar-refractivity contribution in [1.29, 1.82) is 0 Å². The van der Waals surface area contributed by atoms with E-state index in [0.717, 1.165) is 16.8 Å². The van der Waals surface area contributed by atoms with Crippen LogP contribution in [0.25, 0.3) is 0 Å². The molecule has 0 aliphatic carbocycles. The number of hydrogen-bond acceptors (Lipinski definition) is 2. The van der Waals surface area contributed by atoms with Crippen molar-refractivity contribution >= 4 is 11.4 Å². The molecule has 0 saturated carbocycles. The minimum absolute atomic E-state index is 0.162. The summed E-state index contributed by atoms with van der Waals surface area (Å²) in [5.41, 5.74) is 10.5. The molecule has 1 atom stereocenters. The van der Waals surface area contributed by atoms with E-state index in [0.29, 0.717) is 5.69 Å². The summed E-state index contributed by atoms with van der Waals surface area (Å²) in [4.78, 5) is 1.87. The second-order valence-corrected chi connectivity index (χ2v) is 5.35. The standard InChI is InChI=1S/C17H21FN2/c1-11-5-7-16(12(2)9-11)20(4)17-8-6-14(13(3)19)10-15(17)18/h5-10,13H,19H2,1-4H3/t13-/m1/s1. The molecule has 106 valence electrons. The molecule has 2 N–H and O–H groups in total. The van der Waals surface area contributed by atoms with Crippen LogP contribution in [0.1, 0.15) is 29.7 Å². The summed E-state index contributed by atoms with van der Waals surface area (Å²) < 4.78 is 14.3. The van der Waals surface area contributed by atoms with Gasteiger partial charge in [0, 0.05) is 18.8 Å². The van der Waals surface area contributed by atoms with Gasteiger partial charge in [-0.1, -0.05) is 23.8 Å². The van der Waals surface area contributed by atoms with Crippen LogP contribution >= 0.6 is 0 Å². The van der Waals surface area contributed by atoms with Gasteiger partial charge in [-0.15, -0.1) is 0 Å². The summed E-state index contributed by atoms with van der Waals surface area (Å²) in [5.74, 6) is -0.248. The molecule has 20 heavy (non-hydrogen) atoms. The first-order valence-corrected chi connectivity index (χ1v) is 6.76. The number of aryl methyl sites for hydroxylation is 2. The fourth-order valence-corrected chi connectivity index (χ4v) is 2.39. The lowest BCUT2D eigenvalue weighted by atomic mass is 10.1. The first kappa shape index (κ1) is 14.5. The van der Waals surface area contributed by atoms with Crippen LogP contribution in [0, 0.1) is 19.7 Å². The molecule has 0 spiro atoms. The Morgan fingerprint density at radius 3 is 2.25 bits per heavy atom. The molecule has 0 aromatic heterocycles. The Bertz CT molecular complexity index is 620. The summed E-state index contributed by atoms with van der Waals surface area (Å²) >= 11 is 0. The highest BCUT2D eigenvalue weighted by molar-refractivity contribution is 5.66. The summed E-state index contributed by atoms with van der Waals surface area (Å²) in [6.07, 6.45) is 0. The fourth-order valence-electron chi connectivity index (χ4n) is 2.39. The largest absolute Gasteiger partial charge is 0.342 e. The van der Waals surface area contributed by atoms with Crippen molar-refractivity contribution in [2.24, 2.45) is 5.73 Å². The van der Waals surface area contributed by atoms with E-state index in [9.17, 15) is 4.39 Å². The molecule has 0 bridgehead atoms. The van der Waals surface area contributed by atoms with Gasteiger partial charge in [0.15, 0.2) is 0 Å². The Kier molecular flexibility index (Phi) is 4.09. The van der Waals surface area contributed by atoms with Crippen molar-refractivity contribution in [2.45, 2.75) is 26.8 Å². The summed E-state index contributed by atoms with van der Waals surface area (Å²) in [7, 11) is 1.88. The lowest BCUT2D eigenvalue weighted by Gasteiger charge is -2.23. The maximum absolute atomic E-state index is 14.3. The average Bonchev–Trinajstić information content (AvgIpc) is 2.37. The molecule has 2 aromatic rings. The number of halogens is 1. The molecular formula is C17H21FN2. The second kappa shape index (κ2) is 5.63. The first-order valence-electron chi connectivity index (χ1n) is 6.76. The molecule has 3 heteroatoms. The van der Waals surface area contributed by atoms with Crippen LogP contribution in [0.5, 0.6) is 0 Å². The van der Waals surface area contributed by atoms with Crippen LogP contribution in [0.3, 0.4) is 0 Å². The van der Waals surface area contributed by atoms with Gasteiger partial charge in [0.25, 0.3) is 0 Å². The second-order valence-electron chi connectivity index (χ2n) is 5.35. The van der Waals surface area contributed by atoms with Crippen LogP contribution < -0.4 is 10.6 Å². The van der Waals surface area contributed by atoms with Gasteiger partial charge >= 0.3 is 0 Å². The molecule has 0 aliphatic heterocycles. The molecule has 0 fully saturated rings. The van der Waals surface area contributed by atoms with Crippen molar-refractivity contribution in [2.75, 3.05) is 11.9 Å². The third-order valence-corrected chi connectivity index (χ3v) is 3.57. The predicted octanol–water partition coefficient (Wildman–Crippen LogP) is 4.23.